The van der Waals surface area contributed by atoms with Gasteiger partial charge >= 0.3 is 7.80 Å². The molecule has 0 aromatic heterocycles. The summed E-state index contributed by atoms with van der Waals surface area (Å²) in [5.41, 5.74) is 4.07. The van der Waals surface area contributed by atoms with Crippen LogP contribution in [0.3, 0.4) is 0 Å². The fraction of sp³-hybridized carbons (Fsp3) is 0.650. The van der Waals surface area contributed by atoms with Crippen molar-refractivity contribution in [1.82, 2.24) is 0 Å². The van der Waals surface area contributed by atoms with E-state index in [9.17, 15) is 9.36 Å². The van der Waals surface area contributed by atoms with Gasteiger partial charge < -0.3 is 0 Å². The van der Waals surface area contributed by atoms with Crippen molar-refractivity contribution in [3.63, 3.8) is 0 Å². The second-order valence-corrected chi connectivity index (χ2v) is 9.69. The van der Waals surface area contributed by atoms with E-state index >= 15 is 0 Å². The van der Waals surface area contributed by atoms with Gasteiger partial charge in [-0.1, -0.05) is 36.1 Å². The van der Waals surface area contributed by atoms with Gasteiger partial charge in [0.25, 0.3) is 0 Å². The summed E-state index contributed by atoms with van der Waals surface area (Å²) >= 11 is 0. The van der Waals surface area contributed by atoms with E-state index < -0.39 is 13.0 Å². The molecular weight excluding hydrogens is 303 g/mol. The molecule has 1 atom stereocenters. The van der Waals surface area contributed by atoms with Crippen LogP contribution in [0.2, 0.25) is 0 Å². The largest absolute Gasteiger partial charge is 0.353 e. The van der Waals surface area contributed by atoms with Gasteiger partial charge in [-0.15, -0.1) is 0 Å². The van der Waals surface area contributed by atoms with Crippen LogP contribution in [0.25, 0.3) is 0 Å². The Bertz CT molecular complexity index is 587. The lowest BCUT2D eigenvalue weighted by molar-refractivity contribution is 0.0939. The number of hydrogen-bond donors (Lipinski definition) is 0. The van der Waals surface area contributed by atoms with Crippen molar-refractivity contribution in [1.29, 1.82) is 0 Å². The molecule has 1 aliphatic carbocycles. The highest BCUT2D eigenvalue weighted by molar-refractivity contribution is 7.48. The van der Waals surface area contributed by atoms with E-state index in [1.807, 2.05) is 13.8 Å². The van der Waals surface area contributed by atoms with Crippen molar-refractivity contribution in [3.05, 3.63) is 34.4 Å². The molecule has 2 rings (SSSR count). The maximum absolute atomic E-state index is 13.4. The minimum absolute atomic E-state index is 0.148. The minimum atomic E-state index is -1.49. The second kappa shape index (κ2) is 7.26. The van der Waals surface area contributed by atoms with Gasteiger partial charge in [0.1, 0.15) is 6.16 Å². The van der Waals surface area contributed by atoms with Gasteiger partial charge in [-0.2, -0.15) is 0 Å². The maximum atomic E-state index is 13.4. The Morgan fingerprint density at radius 3 is 2.13 bits per heavy atom. The highest BCUT2D eigenvalue weighted by Crippen LogP contribution is 2.53. The Morgan fingerprint density at radius 1 is 1.13 bits per heavy atom. The molecule has 1 aromatic carbocycles. The van der Waals surface area contributed by atoms with Gasteiger partial charge in [-0.3, -0.25) is 4.79 Å². The van der Waals surface area contributed by atoms with E-state index in [1.165, 1.54) is 5.56 Å². The standard InChI is InChI=1S/C20H30O2P/c1-14(2)8-11-23(22)20(9-6-7-10-20)19(21)18-16(4)12-15(3)13-17(18)5/h12-14H,6-11H2,1-5H3/q+1. The van der Waals surface area contributed by atoms with E-state index in [0.29, 0.717) is 12.1 Å². The molecule has 126 valence electrons. The lowest BCUT2D eigenvalue weighted by Crippen LogP contribution is -2.34. The summed E-state index contributed by atoms with van der Waals surface area (Å²) in [5.74, 6) is 0.681. The Morgan fingerprint density at radius 2 is 1.65 bits per heavy atom. The fourth-order valence-electron chi connectivity index (χ4n) is 3.91. The zero-order valence-corrected chi connectivity index (χ0v) is 16.1. The molecule has 23 heavy (non-hydrogen) atoms. The first-order valence-corrected chi connectivity index (χ1v) is 10.3. The second-order valence-electron chi connectivity index (χ2n) is 7.63. The molecule has 1 aliphatic rings. The van der Waals surface area contributed by atoms with Gasteiger partial charge in [-0.05, 0) is 57.1 Å². The molecule has 0 bridgehead atoms. The molecule has 1 unspecified atom stereocenters. The molecule has 0 aliphatic heterocycles. The predicted octanol–water partition coefficient (Wildman–Crippen LogP) is 5.98. The van der Waals surface area contributed by atoms with Gasteiger partial charge in [-0.25, -0.2) is 0 Å². The van der Waals surface area contributed by atoms with Crippen LogP contribution >= 0.6 is 7.80 Å². The normalized spacial score (nSPS) is 17.6. The summed E-state index contributed by atoms with van der Waals surface area (Å²) in [6, 6.07) is 4.15. The molecule has 0 saturated heterocycles. The zero-order valence-electron chi connectivity index (χ0n) is 15.2. The number of carbonyl (C=O) groups excluding carboxylic acids is 1. The van der Waals surface area contributed by atoms with Crippen molar-refractivity contribution >= 4 is 13.6 Å². The zero-order chi connectivity index (χ0) is 17.2. The summed E-state index contributed by atoms with van der Waals surface area (Å²) < 4.78 is 13.1. The van der Waals surface area contributed by atoms with Gasteiger partial charge in [0.2, 0.25) is 10.9 Å². The molecule has 1 fully saturated rings. The van der Waals surface area contributed by atoms with Crippen LogP contribution in [0.15, 0.2) is 12.1 Å². The first kappa shape index (κ1) is 18.3. The number of hydrogen-bond acceptors (Lipinski definition) is 2. The number of ketones is 1. The Kier molecular flexibility index (Phi) is 5.79. The summed E-state index contributed by atoms with van der Waals surface area (Å²) in [4.78, 5) is 13.4. The van der Waals surface area contributed by atoms with Crippen molar-refractivity contribution in [2.45, 2.75) is 71.9 Å². The van der Waals surface area contributed by atoms with Gasteiger partial charge in [0.05, 0.1) is 0 Å². The monoisotopic (exact) mass is 333 g/mol. The molecule has 1 aromatic rings. The lowest BCUT2D eigenvalue weighted by Gasteiger charge is -2.20. The molecule has 2 nitrogen and oxygen atoms in total. The number of rotatable bonds is 6. The topological polar surface area (TPSA) is 34.1 Å². The summed E-state index contributed by atoms with van der Waals surface area (Å²) in [6.07, 6.45) is 5.27. The average molecular weight is 333 g/mol. The van der Waals surface area contributed by atoms with Crippen LogP contribution < -0.4 is 0 Å². The molecule has 0 heterocycles. The maximum Gasteiger partial charge on any atom is 0.353 e. The van der Waals surface area contributed by atoms with E-state index in [0.717, 1.165) is 48.8 Å². The molecule has 1 saturated carbocycles. The first-order valence-electron chi connectivity index (χ1n) is 8.85. The number of Topliss-reactive ketones (excluding diaryl/α,β-unsaturated/α-hetero) is 1. The van der Waals surface area contributed by atoms with E-state index in [2.05, 4.69) is 32.9 Å². The van der Waals surface area contributed by atoms with Crippen LogP contribution in [0.1, 0.15) is 73.0 Å². The third kappa shape index (κ3) is 3.74. The van der Waals surface area contributed by atoms with E-state index in [-0.39, 0.29) is 5.78 Å². The van der Waals surface area contributed by atoms with Gasteiger partial charge in [0.15, 0.2) is 0 Å². The average Bonchev–Trinajstić information content (AvgIpc) is 2.94. The Labute approximate surface area is 141 Å². The van der Waals surface area contributed by atoms with Crippen LogP contribution in [-0.2, 0) is 4.57 Å². The molecule has 0 radical (unpaired) electrons. The summed E-state index contributed by atoms with van der Waals surface area (Å²) in [6.45, 7) is 10.4. The fourth-order valence-corrected chi connectivity index (χ4v) is 6.24. The van der Waals surface area contributed by atoms with Gasteiger partial charge in [0, 0.05) is 18.4 Å². The number of carbonyl (C=O) groups is 1. The van der Waals surface area contributed by atoms with Crippen molar-refractivity contribution in [2.24, 2.45) is 5.92 Å². The number of benzene rings is 1. The predicted molar refractivity (Wildman–Crippen MR) is 98.1 cm³/mol. The quantitative estimate of drug-likeness (QED) is 0.474. The summed E-state index contributed by atoms with van der Waals surface area (Å²) in [7, 11) is -1.49. The molecule has 0 spiro atoms. The third-order valence-corrected chi connectivity index (χ3v) is 7.41. The van der Waals surface area contributed by atoms with Crippen molar-refractivity contribution in [2.75, 3.05) is 6.16 Å². The Balaban J connectivity index is 2.38. The summed E-state index contributed by atoms with van der Waals surface area (Å²) in [5, 5.41) is -0.602. The number of aryl methyl sites for hydroxylation is 3. The third-order valence-electron chi connectivity index (χ3n) is 5.14. The van der Waals surface area contributed by atoms with E-state index in [1.54, 1.807) is 0 Å². The molecule has 0 amide bonds. The van der Waals surface area contributed by atoms with Crippen LogP contribution in [0.4, 0.5) is 0 Å². The van der Waals surface area contributed by atoms with Crippen LogP contribution in [0, 0.1) is 26.7 Å². The highest BCUT2D eigenvalue weighted by Gasteiger charge is 2.56. The van der Waals surface area contributed by atoms with Crippen molar-refractivity contribution < 1.29 is 9.36 Å². The molecular formula is C20H30O2P+. The van der Waals surface area contributed by atoms with Crippen molar-refractivity contribution in [3.8, 4) is 0 Å². The SMILES string of the molecule is Cc1cc(C)c(C(=O)C2([P+](=O)CCC(C)C)CCCC2)c(C)c1. The molecule has 3 heteroatoms. The van der Waals surface area contributed by atoms with Crippen LogP contribution in [-0.4, -0.2) is 17.1 Å². The molecule has 0 N–H and O–H groups in total. The first-order chi connectivity index (χ1) is 10.8. The highest BCUT2D eigenvalue weighted by atomic mass is 31.1. The smallest absolute Gasteiger partial charge is 0.289 e. The van der Waals surface area contributed by atoms with Crippen LogP contribution in [0.5, 0.6) is 0 Å². The minimum Gasteiger partial charge on any atom is -0.289 e. The lowest BCUT2D eigenvalue weighted by atomic mass is 9.88. The Hall–Kier alpha value is -1.01. The van der Waals surface area contributed by atoms with E-state index in [4.69, 9.17) is 0 Å².